The van der Waals surface area contributed by atoms with E-state index in [0.717, 1.165) is 26.1 Å². The molecule has 0 radical (unpaired) electrons. The molecular formula is C21H31FN4O. The Kier molecular flexibility index (Phi) is 6.63. The summed E-state index contributed by atoms with van der Waals surface area (Å²) in [5.41, 5.74) is 1.62. The van der Waals surface area contributed by atoms with Crippen molar-refractivity contribution in [3.05, 3.63) is 53.6 Å². The van der Waals surface area contributed by atoms with Crippen LogP contribution in [0.1, 0.15) is 43.0 Å². The number of likely N-dealkylation sites (N-methyl/N-ethyl adjacent to an activating group) is 1. The summed E-state index contributed by atoms with van der Waals surface area (Å²) in [5, 5.41) is 14.8. The summed E-state index contributed by atoms with van der Waals surface area (Å²) in [6, 6.07) is 6.81. The van der Waals surface area contributed by atoms with Gasteiger partial charge >= 0.3 is 0 Å². The molecule has 0 aliphatic carbocycles. The van der Waals surface area contributed by atoms with Gasteiger partial charge in [-0.2, -0.15) is 5.10 Å². The Balaban J connectivity index is 1.69. The van der Waals surface area contributed by atoms with Crippen LogP contribution in [-0.4, -0.2) is 57.9 Å². The molecule has 1 N–H and O–H groups in total. The average molecular weight is 375 g/mol. The molecule has 0 saturated carbocycles. The van der Waals surface area contributed by atoms with Crippen LogP contribution in [0.2, 0.25) is 0 Å². The van der Waals surface area contributed by atoms with Crippen molar-refractivity contribution in [3.63, 3.8) is 0 Å². The van der Waals surface area contributed by atoms with Crippen molar-refractivity contribution in [3.8, 4) is 0 Å². The van der Waals surface area contributed by atoms with Gasteiger partial charge in [0.05, 0.1) is 12.3 Å². The number of halogens is 1. The maximum Gasteiger partial charge on any atom is 0.129 e. The van der Waals surface area contributed by atoms with E-state index in [1.54, 1.807) is 18.2 Å². The quantitative estimate of drug-likeness (QED) is 0.809. The van der Waals surface area contributed by atoms with Crippen molar-refractivity contribution in [2.45, 2.75) is 31.9 Å². The highest BCUT2D eigenvalue weighted by Gasteiger charge is 2.33. The summed E-state index contributed by atoms with van der Waals surface area (Å²) in [6.45, 7) is 5.61. The van der Waals surface area contributed by atoms with Gasteiger partial charge in [-0.1, -0.05) is 25.1 Å². The molecule has 1 saturated heterocycles. The summed E-state index contributed by atoms with van der Waals surface area (Å²) < 4.78 is 15.8. The zero-order valence-electron chi connectivity index (χ0n) is 16.6. The number of aliphatic hydroxyl groups is 1. The Hall–Kier alpha value is -1.76. The maximum absolute atomic E-state index is 13.9. The highest BCUT2D eigenvalue weighted by atomic mass is 19.1. The van der Waals surface area contributed by atoms with E-state index in [-0.39, 0.29) is 5.82 Å². The third kappa shape index (κ3) is 4.75. The number of piperidine rings is 1. The second-order valence-corrected chi connectivity index (χ2v) is 7.68. The molecule has 0 amide bonds. The number of likely N-dealkylation sites (tertiary alicyclic amines) is 1. The summed E-state index contributed by atoms with van der Waals surface area (Å²) in [5.74, 6) is 0.113. The second-order valence-electron chi connectivity index (χ2n) is 7.68. The first-order valence-corrected chi connectivity index (χ1v) is 9.83. The van der Waals surface area contributed by atoms with Gasteiger partial charge in [0.15, 0.2) is 0 Å². The number of nitrogens with zero attached hydrogens (tertiary/aromatic N) is 4. The first-order chi connectivity index (χ1) is 13.0. The van der Waals surface area contributed by atoms with E-state index in [1.165, 1.54) is 18.1 Å². The molecule has 3 atom stereocenters. The Morgan fingerprint density at radius 2 is 2.15 bits per heavy atom. The second kappa shape index (κ2) is 8.95. The SMILES string of the molecule is CCN1CCC[C@@H](CN(C)C[C@@H](O)c2ccccc2F)[C@@H]1c1cnn(C)c1. The largest absolute Gasteiger partial charge is 0.387 e. The molecule has 1 fully saturated rings. The Labute approximate surface area is 161 Å². The monoisotopic (exact) mass is 374 g/mol. The molecule has 5 nitrogen and oxygen atoms in total. The number of hydrogen-bond donors (Lipinski definition) is 1. The van der Waals surface area contributed by atoms with Crippen molar-refractivity contribution < 1.29 is 9.50 Å². The number of aryl methyl sites for hydroxylation is 1. The van der Waals surface area contributed by atoms with Crippen LogP contribution >= 0.6 is 0 Å². The molecule has 3 rings (SSSR count). The van der Waals surface area contributed by atoms with Crippen LogP contribution in [0.5, 0.6) is 0 Å². The van der Waals surface area contributed by atoms with Crippen LogP contribution in [0.25, 0.3) is 0 Å². The minimum atomic E-state index is -0.820. The third-order valence-electron chi connectivity index (χ3n) is 5.63. The topological polar surface area (TPSA) is 44.5 Å². The number of hydrogen-bond acceptors (Lipinski definition) is 4. The number of aromatic nitrogens is 2. The lowest BCUT2D eigenvalue weighted by molar-refractivity contribution is 0.0590. The first-order valence-electron chi connectivity index (χ1n) is 9.83. The lowest BCUT2D eigenvalue weighted by Crippen LogP contribution is -2.43. The molecule has 148 valence electrons. The number of benzene rings is 1. The molecule has 1 aliphatic rings. The fourth-order valence-corrected chi connectivity index (χ4v) is 4.39. The zero-order chi connectivity index (χ0) is 19.4. The Morgan fingerprint density at radius 3 is 2.81 bits per heavy atom. The Morgan fingerprint density at radius 1 is 1.37 bits per heavy atom. The fourth-order valence-electron chi connectivity index (χ4n) is 4.39. The van der Waals surface area contributed by atoms with Crippen molar-refractivity contribution in [2.75, 3.05) is 33.2 Å². The average Bonchev–Trinajstić information content (AvgIpc) is 3.07. The minimum absolute atomic E-state index is 0.338. The molecule has 0 spiro atoms. The summed E-state index contributed by atoms with van der Waals surface area (Å²) >= 11 is 0. The van der Waals surface area contributed by atoms with Crippen molar-refractivity contribution in [1.82, 2.24) is 19.6 Å². The summed E-state index contributed by atoms with van der Waals surface area (Å²) in [6.07, 6.45) is 5.59. The van der Waals surface area contributed by atoms with E-state index in [1.807, 2.05) is 25.0 Å². The van der Waals surface area contributed by atoms with Gasteiger partial charge in [0.25, 0.3) is 0 Å². The van der Waals surface area contributed by atoms with Gasteiger partial charge < -0.3 is 10.0 Å². The lowest BCUT2D eigenvalue weighted by Gasteiger charge is -2.42. The van der Waals surface area contributed by atoms with Gasteiger partial charge in [-0.05, 0) is 45.0 Å². The van der Waals surface area contributed by atoms with Crippen LogP contribution < -0.4 is 0 Å². The van der Waals surface area contributed by atoms with E-state index in [0.29, 0.717) is 24.1 Å². The van der Waals surface area contributed by atoms with E-state index >= 15 is 0 Å². The zero-order valence-corrected chi connectivity index (χ0v) is 16.6. The van der Waals surface area contributed by atoms with Crippen molar-refractivity contribution >= 4 is 0 Å². The molecule has 0 unspecified atom stereocenters. The van der Waals surface area contributed by atoms with E-state index < -0.39 is 6.10 Å². The molecular weight excluding hydrogens is 343 g/mol. The number of aliphatic hydroxyl groups excluding tert-OH is 1. The van der Waals surface area contributed by atoms with Crippen LogP contribution in [0.4, 0.5) is 4.39 Å². The highest BCUT2D eigenvalue weighted by molar-refractivity contribution is 5.20. The molecule has 27 heavy (non-hydrogen) atoms. The minimum Gasteiger partial charge on any atom is -0.387 e. The molecule has 2 heterocycles. The van der Waals surface area contributed by atoms with Gasteiger partial charge in [0.1, 0.15) is 5.82 Å². The standard InChI is InChI=1S/C21H31FN4O/c1-4-26-11-7-8-16(21(26)17-12-23-25(3)14-17)13-24(2)15-20(27)18-9-5-6-10-19(18)22/h5-6,9-10,12,14,16,20-21,27H,4,7-8,11,13,15H2,1-3H3/t16-,20+,21+/m0/s1. The van der Waals surface area contributed by atoms with E-state index in [9.17, 15) is 9.50 Å². The van der Waals surface area contributed by atoms with Crippen molar-refractivity contribution in [2.24, 2.45) is 13.0 Å². The molecule has 1 aromatic carbocycles. The van der Waals surface area contributed by atoms with Crippen molar-refractivity contribution in [1.29, 1.82) is 0 Å². The fraction of sp³-hybridized carbons (Fsp3) is 0.571. The van der Waals surface area contributed by atoms with Crippen LogP contribution in [0.15, 0.2) is 36.7 Å². The summed E-state index contributed by atoms with van der Waals surface area (Å²) in [4.78, 5) is 4.65. The van der Waals surface area contributed by atoms with Crippen LogP contribution in [0, 0.1) is 11.7 Å². The van der Waals surface area contributed by atoms with Gasteiger partial charge in [0, 0.05) is 43.5 Å². The molecule has 6 heteroatoms. The van der Waals surface area contributed by atoms with Crippen LogP contribution in [-0.2, 0) is 7.05 Å². The van der Waals surface area contributed by atoms with Gasteiger partial charge in [0.2, 0.25) is 0 Å². The highest BCUT2D eigenvalue weighted by Crippen LogP contribution is 2.36. The molecule has 0 bridgehead atoms. The molecule has 2 aromatic rings. The predicted octanol–water partition coefficient (Wildman–Crippen LogP) is 3.00. The predicted molar refractivity (Wildman–Crippen MR) is 105 cm³/mol. The third-order valence-corrected chi connectivity index (χ3v) is 5.63. The van der Waals surface area contributed by atoms with Gasteiger partial charge in [-0.3, -0.25) is 9.58 Å². The van der Waals surface area contributed by atoms with E-state index in [4.69, 9.17) is 0 Å². The lowest BCUT2D eigenvalue weighted by atomic mass is 9.85. The maximum atomic E-state index is 13.9. The first kappa shape index (κ1) is 20.0. The molecule has 1 aromatic heterocycles. The Bertz CT molecular complexity index is 734. The van der Waals surface area contributed by atoms with E-state index in [2.05, 4.69) is 28.0 Å². The van der Waals surface area contributed by atoms with Gasteiger partial charge in [-0.25, -0.2) is 4.39 Å². The smallest absolute Gasteiger partial charge is 0.129 e. The molecule has 1 aliphatic heterocycles. The van der Waals surface area contributed by atoms with Gasteiger partial charge in [-0.15, -0.1) is 0 Å². The normalized spacial score (nSPS) is 22.3. The number of rotatable bonds is 7. The summed E-state index contributed by atoms with van der Waals surface area (Å²) in [7, 11) is 3.96. The van der Waals surface area contributed by atoms with Crippen LogP contribution in [0.3, 0.4) is 0 Å².